The molecule has 0 unspecified atom stereocenters. The molecule has 1 aliphatic heterocycles. The lowest BCUT2D eigenvalue weighted by Crippen LogP contribution is -2.54. The van der Waals surface area contributed by atoms with Gasteiger partial charge >= 0.3 is 0 Å². The highest BCUT2D eigenvalue weighted by atomic mass is 16.5. The van der Waals surface area contributed by atoms with Crippen LogP contribution in [0.4, 0.5) is 0 Å². The van der Waals surface area contributed by atoms with Crippen molar-refractivity contribution in [3.8, 4) is 0 Å². The van der Waals surface area contributed by atoms with Gasteiger partial charge in [0.05, 0.1) is 49.2 Å². The Morgan fingerprint density at radius 2 is 1.55 bits per heavy atom. The lowest BCUT2D eigenvalue weighted by Gasteiger charge is -2.41. The van der Waals surface area contributed by atoms with Gasteiger partial charge in [-0.25, -0.2) is 0 Å². The van der Waals surface area contributed by atoms with Crippen LogP contribution >= 0.6 is 0 Å². The van der Waals surface area contributed by atoms with Gasteiger partial charge in [0, 0.05) is 76.9 Å². The van der Waals surface area contributed by atoms with E-state index < -0.39 is 42.2 Å². The SMILES string of the molecule is CC[C@H](C)[C@@H]([C@@H](CC(=O)N1CCC[C@H]1[C@H](OC)[C@@H](C)C(=O)N[C@H](CN=[N+]=[N-])Cc1ccc(CC(=O)CNC(=O)CCC(C)=O)cc1)OC)N(C)C(=O)[C@@H](CC(=O)[C@H](C(C)C)N(C)C)C(C)C. The topological polar surface area (TPSA) is 220 Å². The summed E-state index contributed by atoms with van der Waals surface area (Å²) in [6, 6.07) is 5.50. The maximum absolute atomic E-state index is 14.4. The Morgan fingerprint density at radius 1 is 0.909 bits per heavy atom. The molecule has 1 heterocycles. The van der Waals surface area contributed by atoms with Crippen LogP contribution in [0.2, 0.25) is 0 Å². The third-order valence-corrected chi connectivity index (χ3v) is 13.1. The summed E-state index contributed by atoms with van der Waals surface area (Å²) in [4.78, 5) is 100. The van der Waals surface area contributed by atoms with Crippen LogP contribution < -0.4 is 10.6 Å². The maximum Gasteiger partial charge on any atom is 0.226 e. The van der Waals surface area contributed by atoms with Crippen LogP contribution in [0.15, 0.2) is 29.4 Å². The number of ether oxygens (including phenoxy) is 2. The van der Waals surface area contributed by atoms with Gasteiger partial charge in [-0.1, -0.05) is 84.3 Å². The summed E-state index contributed by atoms with van der Waals surface area (Å²) in [6.45, 7) is 15.5. The quantitative estimate of drug-likeness (QED) is 0.0572. The first kappa shape index (κ1) is 57.4. The lowest BCUT2D eigenvalue weighted by atomic mass is 9.83. The number of likely N-dealkylation sites (N-methyl/N-ethyl adjacent to an activating group) is 2. The molecule has 17 nitrogen and oxygen atoms in total. The van der Waals surface area contributed by atoms with Gasteiger partial charge < -0.3 is 34.7 Å². The molecule has 1 aliphatic rings. The third kappa shape index (κ3) is 17.5. The van der Waals surface area contributed by atoms with E-state index in [1.54, 1.807) is 43.0 Å². The highest BCUT2D eigenvalue weighted by molar-refractivity contribution is 5.90. The van der Waals surface area contributed by atoms with Gasteiger partial charge in [-0.05, 0) is 74.7 Å². The Balaban J connectivity index is 2.20. The van der Waals surface area contributed by atoms with E-state index in [0.29, 0.717) is 25.8 Å². The Labute approximate surface area is 393 Å². The standard InChI is InChI=1S/C49H80N8O9/c1-14-32(6)46(56(11)49(64)39(30(2)3)26-41(60)45(31(4)5)55(9)10)42(65-12)27-44(62)57-23-15-16-40(57)47(66-13)34(8)48(63)53-37(28-52-54-50)24-35-18-20-36(21-19-35)25-38(59)29-51-43(61)22-17-33(7)58/h18-21,30-32,34,37,39-40,42,45-47H,14-17,22-29H2,1-13H3,(H,51,61)(H,53,63)/t32-,34+,37-,39-,40-,42+,45-,46-,47+/m0/s1. The molecule has 9 atom stereocenters. The minimum atomic E-state index is -0.702. The number of hydrogen-bond acceptors (Lipinski definition) is 11. The van der Waals surface area contributed by atoms with Gasteiger partial charge in [0.15, 0.2) is 11.6 Å². The summed E-state index contributed by atoms with van der Waals surface area (Å²) in [5.74, 6) is -2.57. The van der Waals surface area contributed by atoms with Crippen molar-refractivity contribution in [1.29, 1.82) is 0 Å². The zero-order valence-corrected chi connectivity index (χ0v) is 42.0. The fraction of sp³-hybridized carbons (Fsp3) is 0.735. The summed E-state index contributed by atoms with van der Waals surface area (Å²) in [5, 5.41) is 9.33. The average molecular weight is 925 g/mol. The van der Waals surface area contributed by atoms with E-state index in [1.807, 2.05) is 72.7 Å². The number of amides is 4. The summed E-state index contributed by atoms with van der Waals surface area (Å²) < 4.78 is 12.1. The van der Waals surface area contributed by atoms with Gasteiger partial charge in [0.25, 0.3) is 0 Å². The number of azide groups is 1. The van der Waals surface area contributed by atoms with Crippen LogP contribution in [-0.4, -0.2) is 147 Å². The minimum absolute atomic E-state index is 0.00204. The predicted octanol–water partition coefficient (Wildman–Crippen LogP) is 5.36. The second-order valence-electron chi connectivity index (χ2n) is 19.1. The lowest BCUT2D eigenvalue weighted by molar-refractivity contribution is -0.149. The molecule has 2 N–H and O–H groups in total. The summed E-state index contributed by atoms with van der Waals surface area (Å²) >= 11 is 0. The Hall–Kier alpha value is -4.70. The van der Waals surface area contributed by atoms with Crippen molar-refractivity contribution in [3.63, 3.8) is 0 Å². The molecule has 1 aromatic rings. The number of nitrogens with one attached hydrogen (secondary N) is 2. The van der Waals surface area contributed by atoms with Crippen molar-refractivity contribution in [1.82, 2.24) is 25.3 Å². The van der Waals surface area contributed by atoms with Gasteiger partial charge in [-0.2, -0.15) is 0 Å². The van der Waals surface area contributed by atoms with Gasteiger partial charge in [0.2, 0.25) is 23.6 Å². The molecule has 0 aliphatic carbocycles. The molecule has 1 fully saturated rings. The number of carbonyl (C=O) groups is 7. The molecule has 0 radical (unpaired) electrons. The molecule has 2 rings (SSSR count). The van der Waals surface area contributed by atoms with Crippen LogP contribution in [0.3, 0.4) is 0 Å². The summed E-state index contributed by atoms with van der Waals surface area (Å²) in [6.07, 6.45) is 1.44. The van der Waals surface area contributed by atoms with E-state index in [4.69, 9.17) is 15.0 Å². The first-order valence-corrected chi connectivity index (χ1v) is 23.6. The fourth-order valence-corrected chi connectivity index (χ4v) is 9.34. The van der Waals surface area contributed by atoms with Crippen LogP contribution in [0.25, 0.3) is 10.4 Å². The number of nitrogens with zero attached hydrogens (tertiary/aromatic N) is 6. The molecular formula is C49H80N8O9. The Morgan fingerprint density at radius 3 is 2.08 bits per heavy atom. The summed E-state index contributed by atoms with van der Waals surface area (Å²) in [5.41, 5.74) is 10.7. The number of carbonyl (C=O) groups excluding carboxylic acids is 7. The summed E-state index contributed by atoms with van der Waals surface area (Å²) in [7, 11) is 8.59. The van der Waals surface area contributed by atoms with Gasteiger partial charge in [-0.15, -0.1) is 0 Å². The van der Waals surface area contributed by atoms with E-state index in [-0.39, 0.29) is 110 Å². The predicted molar refractivity (Wildman–Crippen MR) is 254 cm³/mol. The monoisotopic (exact) mass is 925 g/mol. The normalized spacial score (nSPS) is 17.5. The van der Waals surface area contributed by atoms with Crippen molar-refractivity contribution >= 4 is 41.0 Å². The van der Waals surface area contributed by atoms with E-state index in [0.717, 1.165) is 17.5 Å². The first-order valence-electron chi connectivity index (χ1n) is 23.6. The molecule has 370 valence electrons. The number of benzene rings is 1. The highest BCUT2D eigenvalue weighted by Gasteiger charge is 2.43. The molecule has 0 spiro atoms. The Kier molecular flexibility index (Phi) is 24.8. The van der Waals surface area contributed by atoms with Crippen molar-refractivity contribution in [3.05, 3.63) is 45.8 Å². The van der Waals surface area contributed by atoms with Gasteiger partial charge in [0.1, 0.15) is 5.78 Å². The number of likely N-dealkylation sites (tertiary alicyclic amines) is 1. The first-order chi connectivity index (χ1) is 31.1. The molecule has 0 aromatic heterocycles. The van der Waals surface area contributed by atoms with Crippen LogP contribution in [0, 0.1) is 29.6 Å². The fourth-order valence-electron chi connectivity index (χ4n) is 9.34. The highest BCUT2D eigenvalue weighted by Crippen LogP contribution is 2.31. The van der Waals surface area contributed by atoms with E-state index in [9.17, 15) is 33.6 Å². The van der Waals surface area contributed by atoms with Crippen molar-refractivity contribution < 1.29 is 43.0 Å². The number of ketones is 3. The Bertz CT molecular complexity index is 1810. The van der Waals surface area contributed by atoms with E-state index >= 15 is 0 Å². The number of hydrogen-bond donors (Lipinski definition) is 2. The second kappa shape index (κ2) is 28.5. The van der Waals surface area contributed by atoms with Crippen molar-refractivity contribution in [2.45, 2.75) is 150 Å². The molecule has 1 aromatic carbocycles. The second-order valence-corrected chi connectivity index (χ2v) is 19.1. The number of Topliss-reactive ketones (excluding diaryl/α,β-unsaturated/α-hetero) is 3. The zero-order chi connectivity index (χ0) is 49.8. The van der Waals surface area contributed by atoms with Crippen LogP contribution in [0.1, 0.15) is 111 Å². The van der Waals surface area contributed by atoms with E-state index in [2.05, 4.69) is 20.7 Å². The zero-order valence-electron chi connectivity index (χ0n) is 42.0. The van der Waals surface area contributed by atoms with E-state index in [1.165, 1.54) is 14.0 Å². The van der Waals surface area contributed by atoms with Gasteiger partial charge in [-0.3, -0.25) is 33.7 Å². The van der Waals surface area contributed by atoms with Crippen LogP contribution in [0.5, 0.6) is 0 Å². The molecule has 0 bridgehead atoms. The largest absolute Gasteiger partial charge is 0.379 e. The molecule has 17 heteroatoms. The smallest absolute Gasteiger partial charge is 0.226 e. The van der Waals surface area contributed by atoms with Crippen molar-refractivity contribution in [2.75, 3.05) is 55.0 Å². The molecular weight excluding hydrogens is 845 g/mol. The number of rotatable bonds is 30. The maximum atomic E-state index is 14.4. The molecule has 0 saturated carbocycles. The third-order valence-electron chi connectivity index (χ3n) is 13.1. The number of methoxy groups -OCH3 is 2. The molecule has 1 saturated heterocycles. The molecule has 66 heavy (non-hydrogen) atoms. The van der Waals surface area contributed by atoms with Crippen LogP contribution in [-0.2, 0) is 55.9 Å². The average Bonchev–Trinajstić information content (AvgIpc) is 3.75. The van der Waals surface area contributed by atoms with Crippen molar-refractivity contribution in [2.24, 2.45) is 34.7 Å². The minimum Gasteiger partial charge on any atom is -0.379 e. The molecule has 4 amide bonds.